The molecule has 0 bridgehead atoms. The van der Waals surface area contributed by atoms with Gasteiger partial charge >= 0.3 is 0 Å². The first-order valence-corrected chi connectivity index (χ1v) is 8.43. The zero-order valence-electron chi connectivity index (χ0n) is 14.8. The van der Waals surface area contributed by atoms with Crippen molar-refractivity contribution < 1.29 is 14.5 Å². The third kappa shape index (κ3) is 3.61. The molecule has 0 aliphatic carbocycles. The molecule has 0 radical (unpaired) electrons. The Morgan fingerprint density at radius 3 is 2.46 bits per heavy atom. The summed E-state index contributed by atoms with van der Waals surface area (Å²) in [6.45, 7) is 4.59. The molecule has 0 aromatic heterocycles. The maximum atomic E-state index is 12.9. The Morgan fingerprint density at radius 2 is 1.85 bits per heavy atom. The van der Waals surface area contributed by atoms with Gasteiger partial charge in [-0.15, -0.1) is 0 Å². The highest BCUT2D eigenvalue weighted by molar-refractivity contribution is 5.97. The minimum Gasteiger partial charge on any atom is -0.496 e. The van der Waals surface area contributed by atoms with Gasteiger partial charge in [-0.25, -0.2) is 0 Å². The van der Waals surface area contributed by atoms with Crippen molar-refractivity contribution in [1.29, 1.82) is 0 Å². The lowest BCUT2D eigenvalue weighted by molar-refractivity contribution is -0.384. The summed E-state index contributed by atoms with van der Waals surface area (Å²) >= 11 is 0. The van der Waals surface area contributed by atoms with Gasteiger partial charge in [0.25, 0.3) is 11.6 Å². The highest BCUT2D eigenvalue weighted by Gasteiger charge is 2.26. The summed E-state index contributed by atoms with van der Waals surface area (Å²) in [4.78, 5) is 27.3. The van der Waals surface area contributed by atoms with E-state index in [9.17, 15) is 14.9 Å². The Kier molecular flexibility index (Phi) is 5.06. The summed E-state index contributed by atoms with van der Waals surface area (Å²) in [5.41, 5.74) is 2.45. The van der Waals surface area contributed by atoms with E-state index in [0.717, 1.165) is 5.69 Å². The predicted molar refractivity (Wildman–Crippen MR) is 98.9 cm³/mol. The van der Waals surface area contributed by atoms with Gasteiger partial charge in [0.1, 0.15) is 5.75 Å². The second-order valence-corrected chi connectivity index (χ2v) is 6.26. The molecule has 2 aromatic rings. The SMILES string of the molecule is COc1ccc([N+](=O)[O-])cc1C(=O)N1CCN(c2cccc(C)c2)CC1. The number of amides is 1. The Morgan fingerprint density at radius 1 is 1.12 bits per heavy atom. The van der Waals surface area contributed by atoms with Crippen LogP contribution in [-0.2, 0) is 0 Å². The van der Waals surface area contributed by atoms with Crippen molar-refractivity contribution in [3.63, 3.8) is 0 Å². The van der Waals surface area contributed by atoms with Crippen LogP contribution in [0.4, 0.5) is 11.4 Å². The number of nitrogens with zero attached hydrogens (tertiary/aromatic N) is 3. The van der Waals surface area contributed by atoms with Crippen LogP contribution in [-0.4, -0.2) is 49.0 Å². The topological polar surface area (TPSA) is 75.9 Å². The Balaban J connectivity index is 1.74. The molecule has 0 spiro atoms. The minimum atomic E-state index is -0.508. The second kappa shape index (κ2) is 7.43. The molecule has 0 saturated carbocycles. The van der Waals surface area contributed by atoms with Crippen molar-refractivity contribution in [3.8, 4) is 5.75 Å². The van der Waals surface area contributed by atoms with Crippen molar-refractivity contribution in [3.05, 3.63) is 63.7 Å². The van der Waals surface area contributed by atoms with Gasteiger partial charge in [-0.1, -0.05) is 12.1 Å². The number of benzene rings is 2. The number of non-ortho nitro benzene ring substituents is 1. The van der Waals surface area contributed by atoms with Crippen LogP contribution in [0.15, 0.2) is 42.5 Å². The molecule has 1 saturated heterocycles. The molecule has 0 N–H and O–H groups in total. The zero-order valence-corrected chi connectivity index (χ0v) is 14.8. The van der Waals surface area contributed by atoms with E-state index in [2.05, 4.69) is 30.0 Å². The summed E-state index contributed by atoms with van der Waals surface area (Å²) < 4.78 is 5.22. The maximum absolute atomic E-state index is 12.9. The fourth-order valence-corrected chi connectivity index (χ4v) is 3.14. The average molecular weight is 355 g/mol. The lowest BCUT2D eigenvalue weighted by atomic mass is 10.1. The number of hydrogen-bond donors (Lipinski definition) is 0. The quantitative estimate of drug-likeness (QED) is 0.623. The summed E-state index contributed by atoms with van der Waals surface area (Å²) in [7, 11) is 1.45. The maximum Gasteiger partial charge on any atom is 0.270 e. The van der Waals surface area contributed by atoms with Crippen molar-refractivity contribution in [2.45, 2.75) is 6.92 Å². The van der Waals surface area contributed by atoms with Gasteiger partial charge in [0.05, 0.1) is 17.6 Å². The van der Waals surface area contributed by atoms with Crippen molar-refractivity contribution in [1.82, 2.24) is 4.90 Å². The molecule has 1 fully saturated rings. The fourth-order valence-electron chi connectivity index (χ4n) is 3.14. The molecular formula is C19H21N3O4. The van der Waals surface area contributed by atoms with Gasteiger partial charge in [0.2, 0.25) is 0 Å². The standard InChI is InChI=1S/C19H21N3O4/c1-14-4-3-5-15(12-14)20-8-10-21(11-9-20)19(23)17-13-16(22(24)25)6-7-18(17)26-2/h3-7,12-13H,8-11H2,1-2H3. The number of carbonyl (C=O) groups excluding carboxylic acids is 1. The number of nitro groups is 1. The third-order valence-corrected chi connectivity index (χ3v) is 4.56. The molecule has 0 unspecified atom stereocenters. The zero-order chi connectivity index (χ0) is 18.7. The number of piperazine rings is 1. The van der Waals surface area contributed by atoms with Gasteiger partial charge in [0.15, 0.2) is 0 Å². The number of ether oxygens (including phenoxy) is 1. The largest absolute Gasteiger partial charge is 0.496 e. The van der Waals surface area contributed by atoms with Crippen LogP contribution >= 0.6 is 0 Å². The van der Waals surface area contributed by atoms with Crippen LogP contribution in [0.2, 0.25) is 0 Å². The number of anilines is 1. The number of nitro benzene ring substituents is 1. The summed E-state index contributed by atoms with van der Waals surface area (Å²) in [5, 5.41) is 11.0. The van der Waals surface area contributed by atoms with E-state index in [0.29, 0.717) is 31.9 Å². The highest BCUT2D eigenvalue weighted by atomic mass is 16.6. The minimum absolute atomic E-state index is 0.118. The van der Waals surface area contributed by atoms with Gasteiger partial charge in [-0.2, -0.15) is 0 Å². The monoisotopic (exact) mass is 355 g/mol. The molecule has 1 heterocycles. The Hall–Kier alpha value is -3.09. The molecule has 1 aliphatic rings. The van der Waals surface area contributed by atoms with Crippen LogP contribution in [0.3, 0.4) is 0 Å². The van der Waals surface area contributed by atoms with Crippen LogP contribution in [0.5, 0.6) is 5.75 Å². The predicted octanol–water partition coefficient (Wildman–Crippen LogP) is 2.87. The molecule has 136 valence electrons. The van der Waals surface area contributed by atoms with E-state index in [-0.39, 0.29) is 17.2 Å². The molecule has 1 amide bonds. The van der Waals surface area contributed by atoms with E-state index in [1.54, 1.807) is 4.90 Å². The second-order valence-electron chi connectivity index (χ2n) is 6.26. The van der Waals surface area contributed by atoms with E-state index < -0.39 is 4.92 Å². The van der Waals surface area contributed by atoms with E-state index in [1.807, 2.05) is 6.07 Å². The van der Waals surface area contributed by atoms with Crippen LogP contribution in [0.1, 0.15) is 15.9 Å². The van der Waals surface area contributed by atoms with Crippen molar-refractivity contribution in [2.75, 3.05) is 38.2 Å². The first-order chi connectivity index (χ1) is 12.5. The van der Waals surface area contributed by atoms with E-state index in [1.165, 1.54) is 30.9 Å². The van der Waals surface area contributed by atoms with Gasteiger partial charge in [0, 0.05) is 44.0 Å². The first-order valence-electron chi connectivity index (χ1n) is 8.43. The molecule has 1 aliphatic heterocycles. The van der Waals surface area contributed by atoms with E-state index in [4.69, 9.17) is 4.74 Å². The molecule has 2 aromatic carbocycles. The molecular weight excluding hydrogens is 334 g/mol. The highest BCUT2D eigenvalue weighted by Crippen LogP contribution is 2.26. The lowest BCUT2D eigenvalue weighted by Gasteiger charge is -2.36. The molecule has 7 heteroatoms. The molecule has 7 nitrogen and oxygen atoms in total. The fraction of sp³-hybridized carbons (Fsp3) is 0.316. The third-order valence-electron chi connectivity index (χ3n) is 4.56. The van der Waals surface area contributed by atoms with Crippen LogP contribution in [0, 0.1) is 17.0 Å². The molecule has 26 heavy (non-hydrogen) atoms. The summed E-state index contributed by atoms with van der Waals surface area (Å²) in [5.74, 6) is 0.108. The van der Waals surface area contributed by atoms with Crippen LogP contribution in [0.25, 0.3) is 0 Å². The Bertz CT molecular complexity index is 829. The smallest absolute Gasteiger partial charge is 0.270 e. The summed E-state index contributed by atoms with van der Waals surface area (Å²) in [6.07, 6.45) is 0. The lowest BCUT2D eigenvalue weighted by Crippen LogP contribution is -2.48. The van der Waals surface area contributed by atoms with Crippen LogP contribution < -0.4 is 9.64 Å². The number of aryl methyl sites for hydroxylation is 1. The number of rotatable bonds is 4. The Labute approximate surface area is 151 Å². The number of carbonyl (C=O) groups is 1. The number of methoxy groups -OCH3 is 1. The normalized spacial score (nSPS) is 14.2. The van der Waals surface area contributed by atoms with Gasteiger partial charge < -0.3 is 14.5 Å². The number of hydrogen-bond acceptors (Lipinski definition) is 5. The summed E-state index contributed by atoms with van der Waals surface area (Å²) in [6, 6.07) is 12.4. The van der Waals surface area contributed by atoms with Gasteiger partial charge in [-0.3, -0.25) is 14.9 Å². The molecule has 0 atom stereocenters. The van der Waals surface area contributed by atoms with Crippen molar-refractivity contribution in [2.24, 2.45) is 0 Å². The van der Waals surface area contributed by atoms with Gasteiger partial charge in [-0.05, 0) is 30.7 Å². The van der Waals surface area contributed by atoms with Crippen molar-refractivity contribution >= 4 is 17.3 Å². The average Bonchev–Trinajstić information content (AvgIpc) is 2.67. The first kappa shape index (κ1) is 17.7. The van der Waals surface area contributed by atoms with E-state index >= 15 is 0 Å². The molecule has 3 rings (SSSR count).